The van der Waals surface area contributed by atoms with E-state index in [1.165, 1.54) is 0 Å². The number of hydrogen-bond donors (Lipinski definition) is 0. The van der Waals surface area contributed by atoms with Crippen LogP contribution in [0, 0.1) is 23.3 Å². The molecule has 0 atom stereocenters. The largest absolute Gasteiger partial charge is 0.361 e. The van der Waals surface area contributed by atoms with Crippen LogP contribution in [0.4, 0.5) is 8.78 Å². The molecule has 1 aliphatic carbocycles. The summed E-state index contributed by atoms with van der Waals surface area (Å²) >= 11 is 2.28. The van der Waals surface area contributed by atoms with Crippen molar-refractivity contribution >= 4 is 33.6 Å². The van der Waals surface area contributed by atoms with E-state index in [2.05, 4.69) is 49.6 Å². The molecule has 1 aliphatic rings. The van der Waals surface area contributed by atoms with Gasteiger partial charge < -0.3 is 9.09 Å². The molecule has 4 nitrogen and oxygen atoms in total. The summed E-state index contributed by atoms with van der Waals surface area (Å²) in [6.07, 6.45) is 5.05. The summed E-state index contributed by atoms with van der Waals surface area (Å²) < 4.78 is 35.4. The van der Waals surface area contributed by atoms with Crippen molar-refractivity contribution in [3.63, 3.8) is 0 Å². The average Bonchev–Trinajstić information content (AvgIpc) is 3.09. The Balaban J connectivity index is 1.68. The number of alkyl halides is 2. The fourth-order valence-electron chi connectivity index (χ4n) is 3.87. The molecule has 26 heavy (non-hydrogen) atoms. The molecule has 4 rings (SSSR count). The van der Waals surface area contributed by atoms with Crippen LogP contribution in [-0.4, -0.2) is 20.6 Å². The minimum atomic E-state index is -2.48. The van der Waals surface area contributed by atoms with Gasteiger partial charge in [0.15, 0.2) is 0 Å². The normalized spacial score (nSPS) is 17.9. The molecule has 138 valence electrons. The van der Waals surface area contributed by atoms with E-state index in [0.717, 1.165) is 43.7 Å². The molecule has 0 aromatic carbocycles. The first-order valence-electron chi connectivity index (χ1n) is 8.79. The lowest BCUT2D eigenvalue weighted by Gasteiger charge is -2.28. The number of aromatic nitrogens is 3. The number of halogens is 3. The zero-order valence-electron chi connectivity index (χ0n) is 14.7. The van der Waals surface area contributed by atoms with Crippen LogP contribution in [0.25, 0.3) is 22.2 Å². The molecule has 0 amide bonds. The summed E-state index contributed by atoms with van der Waals surface area (Å²) in [5, 5.41) is 4.03. The van der Waals surface area contributed by atoms with Crippen LogP contribution in [0.3, 0.4) is 0 Å². The first kappa shape index (κ1) is 17.9. The minimum absolute atomic E-state index is 0.00343. The highest BCUT2D eigenvalue weighted by Crippen LogP contribution is 2.38. The van der Waals surface area contributed by atoms with Crippen molar-refractivity contribution in [1.29, 1.82) is 0 Å². The lowest BCUT2D eigenvalue weighted by Crippen LogP contribution is -2.26. The number of hydrogen-bond acceptors (Lipinski definition) is 3. The molecule has 7 heteroatoms. The van der Waals surface area contributed by atoms with E-state index in [1.807, 2.05) is 20.0 Å². The lowest BCUT2D eigenvalue weighted by atomic mass is 9.87. The van der Waals surface area contributed by atoms with Crippen LogP contribution in [0.5, 0.6) is 0 Å². The molecule has 0 radical (unpaired) electrons. The molecule has 3 aromatic rings. The van der Waals surface area contributed by atoms with Crippen molar-refractivity contribution in [2.75, 3.05) is 0 Å². The third-order valence-corrected chi connectivity index (χ3v) is 6.08. The Bertz CT molecular complexity index is 934. The number of fused-ring (bicyclic) bond motifs is 1. The number of rotatable bonds is 3. The molecule has 3 aromatic heterocycles. The van der Waals surface area contributed by atoms with Crippen LogP contribution < -0.4 is 0 Å². The number of aryl methyl sites for hydroxylation is 2. The zero-order chi connectivity index (χ0) is 18.5. The Kier molecular flexibility index (Phi) is 4.53. The summed E-state index contributed by atoms with van der Waals surface area (Å²) in [7, 11) is 0. The topological polar surface area (TPSA) is 43.9 Å². The Labute approximate surface area is 164 Å². The van der Waals surface area contributed by atoms with Crippen LogP contribution in [0.2, 0.25) is 0 Å². The van der Waals surface area contributed by atoms with Gasteiger partial charge in [0.05, 0.1) is 14.8 Å². The van der Waals surface area contributed by atoms with Gasteiger partial charge in [-0.15, -0.1) is 0 Å². The van der Waals surface area contributed by atoms with Gasteiger partial charge in [-0.1, -0.05) is 5.16 Å². The Hall–Kier alpha value is -1.51. The average molecular weight is 471 g/mol. The Morgan fingerprint density at radius 3 is 2.69 bits per heavy atom. The van der Waals surface area contributed by atoms with Gasteiger partial charge in [-0.05, 0) is 61.3 Å². The highest BCUT2D eigenvalue weighted by molar-refractivity contribution is 14.1. The quantitative estimate of drug-likeness (QED) is 0.458. The van der Waals surface area contributed by atoms with Crippen LogP contribution in [0.1, 0.15) is 37.1 Å². The summed E-state index contributed by atoms with van der Waals surface area (Å²) in [4.78, 5) is 4.64. The highest BCUT2D eigenvalue weighted by Gasteiger charge is 2.35. The molecule has 1 saturated carbocycles. The van der Waals surface area contributed by atoms with Crippen molar-refractivity contribution in [2.24, 2.45) is 5.92 Å². The third-order valence-electron chi connectivity index (χ3n) is 5.29. The van der Waals surface area contributed by atoms with Gasteiger partial charge in [0.1, 0.15) is 11.3 Å². The van der Waals surface area contributed by atoms with E-state index in [9.17, 15) is 8.78 Å². The van der Waals surface area contributed by atoms with E-state index in [0.29, 0.717) is 12.8 Å². The van der Waals surface area contributed by atoms with Gasteiger partial charge in [-0.3, -0.25) is 4.98 Å². The molecule has 0 saturated heterocycles. The number of nitrogens with zero attached hydrogens (tertiary/aromatic N) is 3. The van der Waals surface area contributed by atoms with Gasteiger partial charge in [0.25, 0.3) is 0 Å². The van der Waals surface area contributed by atoms with E-state index >= 15 is 0 Å². The molecule has 0 unspecified atom stereocenters. The summed E-state index contributed by atoms with van der Waals surface area (Å²) in [5.74, 6) is -1.43. The minimum Gasteiger partial charge on any atom is -0.361 e. The second-order valence-corrected chi connectivity index (χ2v) is 8.38. The maximum atomic E-state index is 13.4. The van der Waals surface area contributed by atoms with Gasteiger partial charge in [0.2, 0.25) is 5.92 Å². The summed E-state index contributed by atoms with van der Waals surface area (Å²) in [6.45, 7) is 4.56. The lowest BCUT2D eigenvalue weighted by molar-refractivity contribution is -0.0472. The van der Waals surface area contributed by atoms with Crippen molar-refractivity contribution in [2.45, 2.75) is 52.0 Å². The fourth-order valence-corrected chi connectivity index (χ4v) is 4.62. The molecule has 0 N–H and O–H groups in total. The molecule has 1 fully saturated rings. The fraction of sp³-hybridized carbons (Fsp3) is 0.474. The Morgan fingerprint density at radius 2 is 2.04 bits per heavy atom. The maximum Gasteiger partial charge on any atom is 0.248 e. The second kappa shape index (κ2) is 6.58. The molecular weight excluding hydrogens is 451 g/mol. The standard InChI is InChI=1S/C19H20F2IN3O/c1-11-17(12(2)26-24-11)14-7-16-18(23-8-14)15(22)10-25(16)9-13-3-5-19(20,21)6-4-13/h7-8,10,13H,3-6,9H2,1-2H3. The van der Waals surface area contributed by atoms with Gasteiger partial charge in [-0.2, -0.15) is 0 Å². The van der Waals surface area contributed by atoms with Crippen molar-refractivity contribution < 1.29 is 13.3 Å². The monoisotopic (exact) mass is 471 g/mol. The van der Waals surface area contributed by atoms with E-state index in [4.69, 9.17) is 4.52 Å². The predicted molar refractivity (Wildman–Crippen MR) is 104 cm³/mol. The van der Waals surface area contributed by atoms with Crippen molar-refractivity contribution in [1.82, 2.24) is 14.7 Å². The SMILES string of the molecule is Cc1noc(C)c1-c1cnc2c(I)cn(CC3CCC(F)(F)CC3)c2c1. The van der Waals surface area contributed by atoms with E-state index < -0.39 is 5.92 Å². The first-order chi connectivity index (χ1) is 12.3. The van der Waals surface area contributed by atoms with Crippen LogP contribution in [0.15, 0.2) is 23.0 Å². The van der Waals surface area contributed by atoms with Crippen LogP contribution in [-0.2, 0) is 6.54 Å². The zero-order valence-corrected chi connectivity index (χ0v) is 16.9. The maximum absolute atomic E-state index is 13.4. The molecule has 0 spiro atoms. The highest BCUT2D eigenvalue weighted by atomic mass is 127. The number of pyridine rings is 1. The summed E-state index contributed by atoms with van der Waals surface area (Å²) in [5.41, 5.74) is 4.76. The van der Waals surface area contributed by atoms with Crippen LogP contribution >= 0.6 is 22.6 Å². The van der Waals surface area contributed by atoms with Gasteiger partial charge in [0, 0.05) is 42.9 Å². The molecule has 3 heterocycles. The van der Waals surface area contributed by atoms with E-state index in [1.54, 1.807) is 0 Å². The van der Waals surface area contributed by atoms with E-state index in [-0.39, 0.29) is 18.8 Å². The molecule has 0 aliphatic heterocycles. The van der Waals surface area contributed by atoms with Gasteiger partial charge in [-0.25, -0.2) is 8.78 Å². The predicted octanol–water partition coefficient (Wildman–Crippen LogP) is 5.74. The second-order valence-electron chi connectivity index (χ2n) is 7.22. The smallest absolute Gasteiger partial charge is 0.248 e. The first-order valence-corrected chi connectivity index (χ1v) is 9.87. The van der Waals surface area contributed by atoms with Crippen molar-refractivity contribution in [3.05, 3.63) is 33.5 Å². The molecule has 0 bridgehead atoms. The Morgan fingerprint density at radius 1 is 1.31 bits per heavy atom. The summed E-state index contributed by atoms with van der Waals surface area (Å²) in [6, 6.07) is 2.11. The van der Waals surface area contributed by atoms with Gasteiger partial charge >= 0.3 is 0 Å². The van der Waals surface area contributed by atoms with Crippen molar-refractivity contribution in [3.8, 4) is 11.1 Å². The third kappa shape index (κ3) is 3.25. The molecular formula is C19H20F2IN3O.